The van der Waals surface area contributed by atoms with Gasteiger partial charge < -0.3 is 4.57 Å². The van der Waals surface area contributed by atoms with Gasteiger partial charge in [-0.2, -0.15) is 0 Å². The first-order valence-electron chi connectivity index (χ1n) is 9.29. The predicted octanol–water partition coefficient (Wildman–Crippen LogP) is 5.04. The normalized spacial score (nSPS) is 13.5. The summed E-state index contributed by atoms with van der Waals surface area (Å²) in [5.41, 5.74) is 6.58. The summed E-state index contributed by atoms with van der Waals surface area (Å²) in [5, 5.41) is 4.12. The molecule has 0 saturated heterocycles. The molecule has 0 radical (unpaired) electrons. The molecule has 5 rings (SSSR count). The summed E-state index contributed by atoms with van der Waals surface area (Å²) < 4.78 is 2.47. The minimum absolute atomic E-state index is 1.13. The van der Waals surface area contributed by atoms with Crippen LogP contribution in [0.1, 0.15) is 19.8 Å². The van der Waals surface area contributed by atoms with Crippen LogP contribution in [0, 0.1) is 0 Å². The number of rotatable bonds is 2. The molecule has 0 bridgehead atoms. The van der Waals surface area contributed by atoms with Crippen LogP contribution in [-0.4, -0.2) is 4.57 Å². The molecule has 0 spiro atoms. The van der Waals surface area contributed by atoms with Gasteiger partial charge >= 0.3 is 0 Å². The highest BCUT2D eigenvalue weighted by Gasteiger charge is 2.16. The van der Waals surface area contributed by atoms with Crippen LogP contribution in [0.3, 0.4) is 0 Å². The molecule has 0 aliphatic heterocycles. The van der Waals surface area contributed by atoms with E-state index in [1.807, 2.05) is 0 Å². The number of hydrogen-bond acceptors (Lipinski definition) is 0. The molecule has 1 heterocycles. The van der Waals surface area contributed by atoms with Gasteiger partial charge in [-0.25, -0.2) is 0 Å². The number of nitrogens with zero attached hydrogens (tertiary/aromatic N) is 1. The Morgan fingerprint density at radius 3 is 2.27 bits per heavy atom. The molecule has 4 aromatic rings. The molecular formula is C25H21N. The summed E-state index contributed by atoms with van der Waals surface area (Å²) in [6.45, 7) is 2.28. The first kappa shape index (κ1) is 15.2. The Morgan fingerprint density at radius 2 is 1.50 bits per heavy atom. The predicted molar refractivity (Wildman–Crippen MR) is 111 cm³/mol. The lowest BCUT2D eigenvalue weighted by atomic mass is 10.0. The highest BCUT2D eigenvalue weighted by molar-refractivity contribution is 5.97. The second-order valence-electron chi connectivity index (χ2n) is 7.02. The van der Waals surface area contributed by atoms with Crippen molar-refractivity contribution in [3.05, 3.63) is 89.4 Å². The van der Waals surface area contributed by atoms with Crippen molar-refractivity contribution >= 4 is 22.6 Å². The lowest BCUT2D eigenvalue weighted by Crippen LogP contribution is -2.32. The smallest absolute Gasteiger partial charge is 0.0619 e. The molecule has 1 nitrogen and oxygen atoms in total. The highest BCUT2D eigenvalue weighted by Crippen LogP contribution is 2.29. The molecule has 1 aliphatic carbocycles. The third-order valence-corrected chi connectivity index (χ3v) is 5.40. The fourth-order valence-electron chi connectivity index (χ4n) is 4.23. The van der Waals surface area contributed by atoms with E-state index in [0.29, 0.717) is 0 Å². The number of hydrogen-bond donors (Lipinski definition) is 0. The molecule has 26 heavy (non-hydrogen) atoms. The van der Waals surface area contributed by atoms with E-state index in [1.54, 1.807) is 0 Å². The molecule has 0 N–H and O–H groups in total. The third-order valence-electron chi connectivity index (χ3n) is 5.40. The van der Waals surface area contributed by atoms with E-state index in [-0.39, 0.29) is 0 Å². The Hall–Kier alpha value is -3.06. The van der Waals surface area contributed by atoms with Gasteiger partial charge in [0.1, 0.15) is 0 Å². The zero-order valence-electron chi connectivity index (χ0n) is 14.9. The van der Waals surface area contributed by atoms with E-state index in [0.717, 1.165) is 12.8 Å². The average molecular weight is 335 g/mol. The summed E-state index contributed by atoms with van der Waals surface area (Å²) in [7, 11) is 0. The van der Waals surface area contributed by atoms with Gasteiger partial charge in [0.15, 0.2) is 0 Å². The lowest BCUT2D eigenvalue weighted by Gasteiger charge is -2.12. The fourth-order valence-corrected chi connectivity index (χ4v) is 4.23. The molecule has 0 unspecified atom stereocenters. The van der Waals surface area contributed by atoms with E-state index in [1.165, 1.54) is 43.9 Å². The third kappa shape index (κ3) is 2.24. The van der Waals surface area contributed by atoms with Crippen LogP contribution < -0.4 is 10.6 Å². The number of fused-ring (bicyclic) bond motifs is 3. The maximum Gasteiger partial charge on any atom is 0.0619 e. The molecule has 1 heteroatoms. The Labute approximate surface area is 153 Å². The van der Waals surface area contributed by atoms with E-state index in [4.69, 9.17) is 0 Å². The summed E-state index contributed by atoms with van der Waals surface area (Å²) in [6, 6.07) is 28.2. The Morgan fingerprint density at radius 1 is 0.769 bits per heavy atom. The Kier molecular flexibility index (Phi) is 3.53. The Bertz CT molecular complexity index is 1210. The van der Waals surface area contributed by atoms with Gasteiger partial charge in [-0.05, 0) is 43.0 Å². The number of benzene rings is 3. The first-order chi connectivity index (χ1) is 12.8. The van der Waals surface area contributed by atoms with E-state index < -0.39 is 0 Å². The maximum atomic E-state index is 2.47. The van der Waals surface area contributed by atoms with Gasteiger partial charge in [0.2, 0.25) is 0 Å². The summed E-state index contributed by atoms with van der Waals surface area (Å²) in [4.78, 5) is 0. The van der Waals surface area contributed by atoms with Gasteiger partial charge in [-0.1, -0.05) is 72.8 Å². The Balaban J connectivity index is 2.03. The van der Waals surface area contributed by atoms with Crippen molar-refractivity contribution in [3.63, 3.8) is 0 Å². The number of aromatic nitrogens is 1. The van der Waals surface area contributed by atoms with Crippen molar-refractivity contribution in [2.45, 2.75) is 19.8 Å². The van der Waals surface area contributed by atoms with E-state index >= 15 is 0 Å². The monoisotopic (exact) mass is 335 g/mol. The molecule has 1 aliphatic rings. The highest BCUT2D eigenvalue weighted by atomic mass is 15.0. The van der Waals surface area contributed by atoms with Crippen LogP contribution in [0.15, 0.2) is 78.9 Å². The molecule has 126 valence electrons. The van der Waals surface area contributed by atoms with Crippen molar-refractivity contribution < 1.29 is 0 Å². The van der Waals surface area contributed by atoms with Gasteiger partial charge in [-0.15, -0.1) is 0 Å². The van der Waals surface area contributed by atoms with Gasteiger partial charge in [0, 0.05) is 21.9 Å². The van der Waals surface area contributed by atoms with Crippen LogP contribution in [0.25, 0.3) is 39.4 Å². The summed E-state index contributed by atoms with van der Waals surface area (Å²) >= 11 is 0. The van der Waals surface area contributed by atoms with Crippen LogP contribution in [-0.2, 0) is 0 Å². The fraction of sp³-hybridized carbons (Fsp3) is 0.120. The van der Waals surface area contributed by atoms with Gasteiger partial charge in [-0.3, -0.25) is 0 Å². The standard InChI is InChI=1S/C25H21N/c1-18-10-8-16-22-23-17-9-15-21(19-11-4-2-5-12-19)25(23)26(24(18)22)20-13-6-3-7-14-20/h2-7,9,11-17H,8,10H2,1H3. The molecule has 3 aromatic carbocycles. The second-order valence-corrected chi connectivity index (χ2v) is 7.02. The molecular weight excluding hydrogens is 314 g/mol. The quantitative estimate of drug-likeness (QED) is 0.483. The van der Waals surface area contributed by atoms with Crippen LogP contribution in [0.5, 0.6) is 0 Å². The maximum absolute atomic E-state index is 2.47. The van der Waals surface area contributed by atoms with Crippen molar-refractivity contribution in [1.82, 2.24) is 4.57 Å². The first-order valence-corrected chi connectivity index (χ1v) is 9.29. The molecule has 0 amide bonds. The SMILES string of the molecule is CC1=c2c(c3cccc(-c4ccccc4)c3n2-c2ccccc2)=CCC1. The van der Waals surface area contributed by atoms with Crippen LogP contribution in [0.4, 0.5) is 0 Å². The van der Waals surface area contributed by atoms with E-state index in [9.17, 15) is 0 Å². The van der Waals surface area contributed by atoms with Gasteiger partial charge in [0.25, 0.3) is 0 Å². The van der Waals surface area contributed by atoms with Crippen molar-refractivity contribution in [2.24, 2.45) is 0 Å². The average Bonchev–Trinajstić information content (AvgIpc) is 3.05. The topological polar surface area (TPSA) is 4.93 Å². The molecule has 0 fully saturated rings. The second kappa shape index (κ2) is 6.03. The van der Waals surface area contributed by atoms with Gasteiger partial charge in [0.05, 0.1) is 10.9 Å². The summed E-state index contributed by atoms with van der Waals surface area (Å²) in [6.07, 6.45) is 4.68. The molecule has 0 atom stereocenters. The van der Waals surface area contributed by atoms with Crippen molar-refractivity contribution in [1.29, 1.82) is 0 Å². The van der Waals surface area contributed by atoms with Crippen molar-refractivity contribution in [2.75, 3.05) is 0 Å². The largest absolute Gasteiger partial charge is 0.309 e. The number of para-hydroxylation sites is 2. The zero-order valence-corrected chi connectivity index (χ0v) is 14.9. The van der Waals surface area contributed by atoms with Crippen molar-refractivity contribution in [3.8, 4) is 16.8 Å². The molecule has 1 aromatic heterocycles. The van der Waals surface area contributed by atoms with E-state index in [2.05, 4.69) is 96.4 Å². The molecule has 0 saturated carbocycles. The minimum Gasteiger partial charge on any atom is -0.309 e. The zero-order chi connectivity index (χ0) is 17.5. The lowest BCUT2D eigenvalue weighted by molar-refractivity contribution is 0.991. The minimum atomic E-state index is 1.13. The summed E-state index contributed by atoms with van der Waals surface area (Å²) in [5.74, 6) is 0. The van der Waals surface area contributed by atoms with Crippen LogP contribution in [0.2, 0.25) is 0 Å². The van der Waals surface area contributed by atoms with Crippen LogP contribution >= 0.6 is 0 Å².